The van der Waals surface area contributed by atoms with Crippen LogP contribution < -0.4 is 10.6 Å². The summed E-state index contributed by atoms with van der Waals surface area (Å²) in [6.07, 6.45) is 2.03. The minimum atomic E-state index is -0.164. The number of halogens is 1. The zero-order valence-corrected chi connectivity index (χ0v) is 17.4. The van der Waals surface area contributed by atoms with Crippen molar-refractivity contribution in [1.29, 1.82) is 0 Å². The second-order valence-corrected chi connectivity index (χ2v) is 7.27. The fourth-order valence-corrected chi connectivity index (χ4v) is 3.31. The zero-order chi connectivity index (χ0) is 19.1. The third-order valence-corrected chi connectivity index (χ3v) is 4.92. The second kappa shape index (κ2) is 11.1. The highest BCUT2D eigenvalue weighted by molar-refractivity contribution is 5.93. The number of ether oxygens (including phenoxy) is 1. The molecule has 154 valence electrons. The number of amides is 1. The van der Waals surface area contributed by atoms with Crippen LogP contribution in [0.4, 0.5) is 0 Å². The molecule has 0 spiro atoms. The van der Waals surface area contributed by atoms with E-state index in [1.165, 1.54) is 0 Å². The monoisotopic (exact) mass is 407 g/mol. The molecule has 3 rings (SSSR count). The van der Waals surface area contributed by atoms with Crippen LogP contribution in [0.2, 0.25) is 0 Å². The average molecular weight is 408 g/mol. The van der Waals surface area contributed by atoms with E-state index in [9.17, 15) is 4.79 Å². The molecule has 1 aliphatic heterocycles. The first-order valence-corrected chi connectivity index (χ1v) is 9.67. The van der Waals surface area contributed by atoms with Crippen molar-refractivity contribution in [3.05, 3.63) is 47.3 Å². The number of carbonyl (C=O) groups is 1. The van der Waals surface area contributed by atoms with Gasteiger partial charge in [0.1, 0.15) is 0 Å². The largest absolute Gasteiger partial charge is 0.376 e. The Morgan fingerprint density at radius 2 is 2.04 bits per heavy atom. The summed E-state index contributed by atoms with van der Waals surface area (Å²) >= 11 is 0. The predicted octanol–water partition coefficient (Wildman–Crippen LogP) is 2.52. The molecule has 1 aromatic carbocycles. The molecule has 2 heterocycles. The van der Waals surface area contributed by atoms with Crippen LogP contribution in [0.3, 0.4) is 0 Å². The van der Waals surface area contributed by atoms with E-state index in [1.54, 1.807) is 0 Å². The Kier molecular flexibility index (Phi) is 8.89. The molecule has 8 heteroatoms. The van der Waals surface area contributed by atoms with Gasteiger partial charge in [-0.25, -0.2) is 4.68 Å². The maximum atomic E-state index is 12.5. The van der Waals surface area contributed by atoms with E-state index in [0.717, 1.165) is 37.2 Å². The number of nitrogens with zero attached hydrogens (tertiary/aromatic N) is 3. The number of aromatic nitrogens is 3. The van der Waals surface area contributed by atoms with Gasteiger partial charge in [-0.15, -0.1) is 17.5 Å². The number of piperidine rings is 1. The van der Waals surface area contributed by atoms with Gasteiger partial charge in [0.25, 0.3) is 5.91 Å². The van der Waals surface area contributed by atoms with Crippen molar-refractivity contribution in [2.24, 2.45) is 5.92 Å². The summed E-state index contributed by atoms with van der Waals surface area (Å²) in [4.78, 5) is 12.5. The first kappa shape index (κ1) is 22.3. The quantitative estimate of drug-likeness (QED) is 0.702. The highest BCUT2D eigenvalue weighted by atomic mass is 35.5. The fourth-order valence-electron chi connectivity index (χ4n) is 3.31. The van der Waals surface area contributed by atoms with Gasteiger partial charge in [0.2, 0.25) is 0 Å². The van der Waals surface area contributed by atoms with Gasteiger partial charge >= 0.3 is 0 Å². The van der Waals surface area contributed by atoms with E-state index < -0.39 is 0 Å². The smallest absolute Gasteiger partial charge is 0.273 e. The minimum absolute atomic E-state index is 0. The van der Waals surface area contributed by atoms with E-state index in [1.807, 2.05) is 41.9 Å². The van der Waals surface area contributed by atoms with Gasteiger partial charge in [-0.3, -0.25) is 4.79 Å². The molecular weight excluding hydrogens is 378 g/mol. The lowest BCUT2D eigenvalue weighted by Gasteiger charge is -2.23. The summed E-state index contributed by atoms with van der Waals surface area (Å²) in [6.45, 7) is 7.66. The van der Waals surface area contributed by atoms with Crippen LogP contribution in [0.25, 0.3) is 0 Å². The normalized spacial score (nSPS) is 15.6. The zero-order valence-electron chi connectivity index (χ0n) is 16.6. The van der Waals surface area contributed by atoms with Gasteiger partial charge in [-0.05, 0) is 44.3 Å². The maximum Gasteiger partial charge on any atom is 0.273 e. The van der Waals surface area contributed by atoms with Crippen molar-refractivity contribution in [3.8, 4) is 0 Å². The van der Waals surface area contributed by atoms with Gasteiger partial charge in [0.05, 0.1) is 24.9 Å². The third-order valence-electron chi connectivity index (χ3n) is 4.92. The fraction of sp³-hybridized carbons (Fsp3) is 0.550. The Balaban J connectivity index is 0.00000280. The highest BCUT2D eigenvalue weighted by Crippen LogP contribution is 2.20. The van der Waals surface area contributed by atoms with E-state index in [0.29, 0.717) is 31.5 Å². The summed E-state index contributed by atoms with van der Waals surface area (Å²) < 4.78 is 7.64. The molecule has 1 amide bonds. The standard InChI is InChI=1S/C20H29N5O2.ClH/c1-15(13-27-14-17-6-4-3-5-7-17)12-22-20(26)19-16(2)25(24-23-19)18-8-10-21-11-9-18;/h3-7,15,18,21H,8-14H2,1-2H3,(H,22,26);1H. The molecule has 1 saturated heterocycles. The van der Waals surface area contributed by atoms with Gasteiger partial charge in [0, 0.05) is 6.54 Å². The Labute approximate surface area is 172 Å². The lowest BCUT2D eigenvalue weighted by atomic mass is 10.1. The summed E-state index contributed by atoms with van der Waals surface area (Å²) in [6, 6.07) is 10.4. The molecule has 2 aromatic rings. The molecule has 2 N–H and O–H groups in total. The molecule has 0 saturated carbocycles. The van der Waals surface area contributed by atoms with Crippen molar-refractivity contribution < 1.29 is 9.53 Å². The van der Waals surface area contributed by atoms with Crippen LogP contribution in [0, 0.1) is 12.8 Å². The Morgan fingerprint density at radius 3 is 2.75 bits per heavy atom. The molecule has 0 radical (unpaired) electrons. The average Bonchev–Trinajstić information content (AvgIpc) is 3.09. The van der Waals surface area contributed by atoms with E-state index in [2.05, 4.69) is 27.9 Å². The van der Waals surface area contributed by atoms with Crippen molar-refractivity contribution >= 4 is 18.3 Å². The van der Waals surface area contributed by atoms with Gasteiger partial charge in [-0.2, -0.15) is 0 Å². The van der Waals surface area contributed by atoms with Crippen LogP contribution in [0.5, 0.6) is 0 Å². The summed E-state index contributed by atoms with van der Waals surface area (Å²) in [5.74, 6) is 0.0556. The maximum absolute atomic E-state index is 12.5. The lowest BCUT2D eigenvalue weighted by Crippen LogP contribution is -2.31. The molecule has 1 aliphatic rings. The van der Waals surface area contributed by atoms with Crippen molar-refractivity contribution in [1.82, 2.24) is 25.6 Å². The molecule has 0 bridgehead atoms. The minimum Gasteiger partial charge on any atom is -0.376 e. The van der Waals surface area contributed by atoms with Crippen molar-refractivity contribution in [3.63, 3.8) is 0 Å². The highest BCUT2D eigenvalue weighted by Gasteiger charge is 2.23. The summed E-state index contributed by atoms with van der Waals surface area (Å²) in [5, 5.41) is 14.6. The predicted molar refractivity (Wildman–Crippen MR) is 111 cm³/mol. The number of benzene rings is 1. The lowest BCUT2D eigenvalue weighted by molar-refractivity contribution is 0.0840. The van der Waals surface area contributed by atoms with Crippen molar-refractivity contribution in [2.45, 2.75) is 39.3 Å². The first-order valence-electron chi connectivity index (χ1n) is 9.67. The number of carbonyl (C=O) groups excluding carboxylic acids is 1. The van der Waals surface area contributed by atoms with E-state index in [4.69, 9.17) is 4.74 Å². The number of hydrogen-bond acceptors (Lipinski definition) is 5. The first-order chi connectivity index (χ1) is 13.1. The number of hydrogen-bond donors (Lipinski definition) is 2. The van der Waals surface area contributed by atoms with Crippen molar-refractivity contribution in [2.75, 3.05) is 26.2 Å². The molecule has 28 heavy (non-hydrogen) atoms. The van der Waals surface area contributed by atoms with Crippen LogP contribution in [0.1, 0.15) is 47.6 Å². The Hall–Kier alpha value is -1.96. The molecule has 0 aliphatic carbocycles. The SMILES string of the molecule is Cc1c(C(=O)NCC(C)COCc2ccccc2)nnn1C1CCNCC1.Cl. The summed E-state index contributed by atoms with van der Waals surface area (Å²) in [5.41, 5.74) is 2.41. The van der Waals surface area contributed by atoms with E-state index >= 15 is 0 Å². The van der Waals surface area contributed by atoms with Gasteiger partial charge in [0.15, 0.2) is 5.69 Å². The van der Waals surface area contributed by atoms with Crippen LogP contribution >= 0.6 is 12.4 Å². The van der Waals surface area contributed by atoms with Gasteiger partial charge < -0.3 is 15.4 Å². The molecule has 1 fully saturated rings. The molecule has 1 atom stereocenters. The van der Waals surface area contributed by atoms with Crippen LogP contribution in [0.15, 0.2) is 30.3 Å². The molecule has 1 aromatic heterocycles. The van der Waals surface area contributed by atoms with Crippen LogP contribution in [-0.4, -0.2) is 47.1 Å². The number of rotatable bonds is 8. The molecule has 1 unspecified atom stereocenters. The van der Waals surface area contributed by atoms with E-state index in [-0.39, 0.29) is 24.2 Å². The molecular formula is C20H30ClN5O2. The number of nitrogens with one attached hydrogen (secondary N) is 2. The topological polar surface area (TPSA) is 81.1 Å². The second-order valence-electron chi connectivity index (χ2n) is 7.27. The van der Waals surface area contributed by atoms with Gasteiger partial charge in [-0.1, -0.05) is 42.5 Å². The Morgan fingerprint density at radius 1 is 1.32 bits per heavy atom. The molecule has 7 nitrogen and oxygen atoms in total. The van der Waals surface area contributed by atoms with Crippen LogP contribution in [-0.2, 0) is 11.3 Å². The summed E-state index contributed by atoms with van der Waals surface area (Å²) in [7, 11) is 0. The Bertz CT molecular complexity index is 731. The third kappa shape index (κ3) is 6.02.